The minimum absolute atomic E-state index is 0.210. The molecule has 2 aromatic carbocycles. The molecule has 2 atom stereocenters. The molecule has 0 saturated heterocycles. The number of benzene rings is 2. The molecule has 7 heteroatoms. The van der Waals surface area contributed by atoms with Gasteiger partial charge in [-0.25, -0.2) is 0 Å². The monoisotopic (exact) mass is 385 g/mol. The van der Waals surface area contributed by atoms with E-state index in [0.29, 0.717) is 22.8 Å². The number of ether oxygens (including phenoxy) is 3. The molecule has 2 aromatic rings. The van der Waals surface area contributed by atoms with Crippen molar-refractivity contribution in [1.82, 2.24) is 5.32 Å². The van der Waals surface area contributed by atoms with Crippen LogP contribution in [-0.2, 0) is 16.1 Å². The predicted octanol–water partition coefficient (Wildman–Crippen LogP) is 2.59. The molecule has 0 aromatic heterocycles. The Morgan fingerprint density at radius 1 is 1.07 bits per heavy atom. The van der Waals surface area contributed by atoms with Crippen LogP contribution in [0.25, 0.3) is 0 Å². The first-order valence-electron chi connectivity index (χ1n) is 8.83. The van der Waals surface area contributed by atoms with Crippen molar-refractivity contribution in [2.75, 3.05) is 21.3 Å². The number of carboxylic acids is 1. The average molecular weight is 385 g/mol. The molecular weight excluding hydrogens is 362 g/mol. The number of rotatable bonds is 8. The van der Waals surface area contributed by atoms with Crippen LogP contribution in [0.3, 0.4) is 0 Å². The zero-order valence-corrected chi connectivity index (χ0v) is 16.0. The van der Waals surface area contributed by atoms with E-state index in [4.69, 9.17) is 14.2 Å². The Kier molecular flexibility index (Phi) is 5.44. The van der Waals surface area contributed by atoms with E-state index in [1.54, 1.807) is 12.1 Å². The molecule has 0 heterocycles. The predicted molar refractivity (Wildman–Crippen MR) is 102 cm³/mol. The fraction of sp³-hybridized carbons (Fsp3) is 0.333. The van der Waals surface area contributed by atoms with Gasteiger partial charge in [0, 0.05) is 12.5 Å². The summed E-state index contributed by atoms with van der Waals surface area (Å²) in [5, 5.41) is 12.6. The van der Waals surface area contributed by atoms with Crippen molar-refractivity contribution in [3.8, 4) is 17.2 Å². The highest BCUT2D eigenvalue weighted by atomic mass is 16.5. The second-order valence-electron chi connectivity index (χ2n) is 6.66. The van der Waals surface area contributed by atoms with Crippen LogP contribution in [0.5, 0.6) is 17.2 Å². The van der Waals surface area contributed by atoms with E-state index in [-0.39, 0.29) is 13.0 Å². The van der Waals surface area contributed by atoms with Gasteiger partial charge in [-0.05, 0) is 29.7 Å². The second-order valence-corrected chi connectivity index (χ2v) is 6.66. The summed E-state index contributed by atoms with van der Waals surface area (Å²) in [6.07, 6.45) is 0.210. The van der Waals surface area contributed by atoms with Gasteiger partial charge in [-0.2, -0.15) is 0 Å². The van der Waals surface area contributed by atoms with E-state index < -0.39 is 23.2 Å². The zero-order valence-electron chi connectivity index (χ0n) is 16.0. The fourth-order valence-corrected chi connectivity index (χ4v) is 3.49. The maximum Gasteiger partial charge on any atom is 0.319 e. The highest BCUT2D eigenvalue weighted by molar-refractivity contribution is 6.06. The number of amides is 1. The van der Waals surface area contributed by atoms with Gasteiger partial charge in [-0.15, -0.1) is 0 Å². The molecule has 1 saturated carbocycles. The SMILES string of the molecule is COc1cc(C2CC2(C(=O)O)C(=O)NCc2ccccc2)cc(OC)c1OC. The summed E-state index contributed by atoms with van der Waals surface area (Å²) in [5.74, 6) is -0.849. The van der Waals surface area contributed by atoms with Gasteiger partial charge in [0.05, 0.1) is 21.3 Å². The smallest absolute Gasteiger partial charge is 0.319 e. The van der Waals surface area contributed by atoms with Crippen molar-refractivity contribution in [2.24, 2.45) is 5.41 Å². The summed E-state index contributed by atoms with van der Waals surface area (Å²) in [7, 11) is 4.48. The normalized spacial score (nSPS) is 20.2. The van der Waals surface area contributed by atoms with E-state index in [1.165, 1.54) is 21.3 Å². The Bertz CT molecular complexity index is 857. The van der Waals surface area contributed by atoms with Crippen molar-refractivity contribution in [3.05, 3.63) is 53.6 Å². The minimum atomic E-state index is -1.50. The number of aliphatic carboxylic acids is 1. The number of hydrogen-bond donors (Lipinski definition) is 2. The van der Waals surface area contributed by atoms with Crippen molar-refractivity contribution in [3.63, 3.8) is 0 Å². The molecule has 1 aliphatic carbocycles. The fourth-order valence-electron chi connectivity index (χ4n) is 3.49. The molecule has 3 rings (SSSR count). The molecule has 0 bridgehead atoms. The summed E-state index contributed by atoms with van der Waals surface area (Å²) in [6, 6.07) is 12.7. The van der Waals surface area contributed by atoms with Gasteiger partial charge in [0.1, 0.15) is 0 Å². The lowest BCUT2D eigenvalue weighted by molar-refractivity contribution is -0.149. The Labute approximate surface area is 163 Å². The molecule has 0 spiro atoms. The third kappa shape index (κ3) is 3.35. The van der Waals surface area contributed by atoms with Crippen molar-refractivity contribution >= 4 is 11.9 Å². The minimum Gasteiger partial charge on any atom is -0.493 e. The topological polar surface area (TPSA) is 94.1 Å². The Balaban J connectivity index is 1.85. The molecule has 0 aliphatic heterocycles. The summed E-state index contributed by atoms with van der Waals surface area (Å²) in [4.78, 5) is 24.8. The van der Waals surface area contributed by atoms with Gasteiger partial charge in [0.25, 0.3) is 0 Å². The summed E-state index contributed by atoms with van der Waals surface area (Å²) < 4.78 is 16.0. The number of nitrogens with one attached hydrogen (secondary N) is 1. The molecule has 28 heavy (non-hydrogen) atoms. The van der Waals surface area contributed by atoms with Gasteiger partial charge in [0.15, 0.2) is 16.9 Å². The Morgan fingerprint density at radius 3 is 2.18 bits per heavy atom. The van der Waals surface area contributed by atoms with E-state index in [1.807, 2.05) is 30.3 Å². The maximum absolute atomic E-state index is 12.8. The Morgan fingerprint density at radius 2 is 1.68 bits per heavy atom. The van der Waals surface area contributed by atoms with E-state index in [0.717, 1.165) is 5.56 Å². The lowest BCUT2D eigenvalue weighted by Crippen LogP contribution is -2.37. The van der Waals surface area contributed by atoms with E-state index in [2.05, 4.69) is 5.32 Å². The molecule has 0 radical (unpaired) electrons. The molecular formula is C21H23NO6. The average Bonchev–Trinajstić information content (AvgIpc) is 3.49. The third-order valence-corrected chi connectivity index (χ3v) is 5.13. The van der Waals surface area contributed by atoms with Crippen LogP contribution in [0.15, 0.2) is 42.5 Å². The maximum atomic E-state index is 12.8. The first-order chi connectivity index (χ1) is 13.5. The van der Waals surface area contributed by atoms with Crippen molar-refractivity contribution in [1.29, 1.82) is 0 Å². The van der Waals surface area contributed by atoms with Crippen LogP contribution in [0.4, 0.5) is 0 Å². The molecule has 7 nitrogen and oxygen atoms in total. The van der Waals surface area contributed by atoms with Crippen LogP contribution in [0.1, 0.15) is 23.5 Å². The molecule has 148 valence electrons. The van der Waals surface area contributed by atoms with Crippen molar-refractivity contribution in [2.45, 2.75) is 18.9 Å². The van der Waals surface area contributed by atoms with Gasteiger partial charge in [0.2, 0.25) is 11.7 Å². The van der Waals surface area contributed by atoms with Crippen LogP contribution < -0.4 is 19.5 Å². The van der Waals surface area contributed by atoms with E-state index >= 15 is 0 Å². The van der Waals surface area contributed by atoms with Crippen LogP contribution in [0.2, 0.25) is 0 Å². The number of hydrogen-bond acceptors (Lipinski definition) is 5. The first kappa shape index (κ1) is 19.5. The summed E-state index contributed by atoms with van der Waals surface area (Å²) >= 11 is 0. The largest absolute Gasteiger partial charge is 0.493 e. The van der Waals surface area contributed by atoms with Gasteiger partial charge in [-0.3, -0.25) is 9.59 Å². The number of carboxylic acid groups (broad SMARTS) is 1. The standard InChI is InChI=1S/C21H23NO6/c1-26-16-9-14(10-17(27-2)18(16)28-3)15-11-21(15,20(24)25)19(23)22-12-13-7-5-4-6-8-13/h4-10,15H,11-12H2,1-3H3,(H,22,23)(H,24,25). The van der Waals surface area contributed by atoms with Crippen LogP contribution in [0, 0.1) is 5.41 Å². The lowest BCUT2D eigenvalue weighted by Gasteiger charge is -2.16. The first-order valence-corrected chi connectivity index (χ1v) is 8.83. The molecule has 1 fully saturated rings. The Hall–Kier alpha value is -3.22. The molecule has 1 amide bonds. The van der Waals surface area contributed by atoms with Crippen molar-refractivity contribution < 1.29 is 28.9 Å². The molecule has 2 N–H and O–H groups in total. The van der Waals surface area contributed by atoms with Gasteiger partial charge >= 0.3 is 5.97 Å². The third-order valence-electron chi connectivity index (χ3n) is 5.13. The van der Waals surface area contributed by atoms with Gasteiger partial charge < -0.3 is 24.6 Å². The molecule has 2 unspecified atom stereocenters. The van der Waals surface area contributed by atoms with Crippen LogP contribution in [-0.4, -0.2) is 38.3 Å². The lowest BCUT2D eigenvalue weighted by atomic mass is 9.97. The summed E-state index contributed by atoms with van der Waals surface area (Å²) in [6.45, 7) is 0.274. The number of carbonyl (C=O) groups excluding carboxylic acids is 1. The number of carbonyl (C=O) groups is 2. The number of methoxy groups -OCH3 is 3. The quantitative estimate of drug-likeness (QED) is 0.679. The summed E-state index contributed by atoms with van der Waals surface area (Å²) in [5.41, 5.74) is 0.0625. The highest BCUT2D eigenvalue weighted by Gasteiger charge is 2.66. The highest BCUT2D eigenvalue weighted by Crippen LogP contribution is 2.61. The second kappa shape index (κ2) is 7.80. The zero-order chi connectivity index (χ0) is 20.3. The van der Waals surface area contributed by atoms with Gasteiger partial charge in [-0.1, -0.05) is 30.3 Å². The molecule has 1 aliphatic rings. The van der Waals surface area contributed by atoms with E-state index in [9.17, 15) is 14.7 Å². The van der Waals surface area contributed by atoms with Crippen LogP contribution >= 0.6 is 0 Å².